The van der Waals surface area contributed by atoms with Crippen LogP contribution in [0.2, 0.25) is 0 Å². The lowest BCUT2D eigenvalue weighted by Gasteiger charge is -2.31. The third-order valence-electron chi connectivity index (χ3n) is 5.41. The molecule has 5 rings (SSSR count). The molecule has 2 aromatic heterocycles. The van der Waals surface area contributed by atoms with E-state index in [1.54, 1.807) is 0 Å². The Hall–Kier alpha value is -1.89. The number of hydrogen-bond donors (Lipinski definition) is 0. The van der Waals surface area contributed by atoms with Crippen molar-refractivity contribution in [1.82, 2.24) is 24.8 Å². The van der Waals surface area contributed by atoms with Crippen LogP contribution < -0.4 is 0 Å². The Kier molecular flexibility index (Phi) is 3.36. The number of nitrogens with zero attached hydrogens (tertiary/aromatic N) is 5. The van der Waals surface area contributed by atoms with E-state index in [0.29, 0.717) is 5.92 Å². The number of thiophene rings is 1. The van der Waals surface area contributed by atoms with E-state index in [1.807, 2.05) is 25.8 Å². The van der Waals surface area contributed by atoms with Crippen LogP contribution in [0.3, 0.4) is 0 Å². The summed E-state index contributed by atoms with van der Waals surface area (Å²) in [6, 6.07) is 2.61. The molecule has 1 atom stereocenters. The molecule has 1 saturated carbocycles. The van der Waals surface area contributed by atoms with Gasteiger partial charge in [-0.25, -0.2) is 9.48 Å². The molecule has 6 nitrogen and oxygen atoms in total. The van der Waals surface area contributed by atoms with E-state index >= 15 is 0 Å². The Morgan fingerprint density at radius 3 is 3.00 bits per heavy atom. The van der Waals surface area contributed by atoms with Crippen LogP contribution in [-0.4, -0.2) is 50.5 Å². The zero-order chi connectivity index (χ0) is 16.1. The predicted molar refractivity (Wildman–Crippen MR) is 91.1 cm³/mol. The minimum atomic E-state index is 0.178. The van der Waals surface area contributed by atoms with Crippen molar-refractivity contribution in [2.45, 2.75) is 44.2 Å². The summed E-state index contributed by atoms with van der Waals surface area (Å²) in [4.78, 5) is 18.3. The van der Waals surface area contributed by atoms with Gasteiger partial charge in [-0.1, -0.05) is 5.21 Å². The molecule has 2 aliphatic heterocycles. The van der Waals surface area contributed by atoms with Crippen LogP contribution in [0, 0.1) is 0 Å². The molecule has 24 heavy (non-hydrogen) atoms. The number of hydrogen-bond acceptors (Lipinski definition) is 4. The van der Waals surface area contributed by atoms with Gasteiger partial charge in [-0.05, 0) is 42.7 Å². The number of likely N-dealkylation sites (tertiary alicyclic amines) is 1. The number of carbonyl (C=O) groups is 1. The Bertz CT molecular complexity index is 765. The fourth-order valence-corrected chi connectivity index (χ4v) is 4.67. The molecule has 2 amide bonds. The van der Waals surface area contributed by atoms with Gasteiger partial charge in [0.1, 0.15) is 0 Å². The first kappa shape index (κ1) is 14.5. The molecule has 7 heteroatoms. The highest BCUT2D eigenvalue weighted by atomic mass is 32.1. The first-order valence-electron chi connectivity index (χ1n) is 8.79. The smallest absolute Gasteiger partial charge is 0.320 e. The second kappa shape index (κ2) is 5.58. The Labute approximate surface area is 145 Å². The molecule has 1 aliphatic carbocycles. The molecule has 2 fully saturated rings. The lowest BCUT2D eigenvalue weighted by Crippen LogP contribution is -2.44. The Morgan fingerprint density at radius 1 is 1.21 bits per heavy atom. The van der Waals surface area contributed by atoms with E-state index in [0.717, 1.165) is 44.7 Å². The summed E-state index contributed by atoms with van der Waals surface area (Å²) in [6.45, 7) is 3.16. The third kappa shape index (κ3) is 2.51. The maximum Gasteiger partial charge on any atom is 0.320 e. The van der Waals surface area contributed by atoms with Gasteiger partial charge in [0.15, 0.2) is 0 Å². The van der Waals surface area contributed by atoms with E-state index < -0.39 is 0 Å². The first-order valence-corrected chi connectivity index (χ1v) is 9.67. The molecular weight excluding hydrogens is 322 g/mol. The van der Waals surface area contributed by atoms with Crippen LogP contribution in [0.25, 0.3) is 0 Å². The second-order valence-corrected chi connectivity index (χ2v) is 8.11. The molecule has 1 saturated heterocycles. The summed E-state index contributed by atoms with van der Waals surface area (Å²) in [7, 11) is 0. The fraction of sp³-hybridized carbons (Fsp3) is 0.588. The lowest BCUT2D eigenvalue weighted by molar-refractivity contribution is 0.156. The van der Waals surface area contributed by atoms with Gasteiger partial charge in [0.2, 0.25) is 0 Å². The largest absolute Gasteiger partial charge is 0.322 e. The van der Waals surface area contributed by atoms with E-state index in [-0.39, 0.29) is 12.1 Å². The summed E-state index contributed by atoms with van der Waals surface area (Å²) in [5, 5.41) is 10.7. The summed E-state index contributed by atoms with van der Waals surface area (Å²) in [5.74, 6) is 0.631. The monoisotopic (exact) mass is 343 g/mol. The van der Waals surface area contributed by atoms with E-state index in [4.69, 9.17) is 0 Å². The predicted octanol–water partition coefficient (Wildman–Crippen LogP) is 2.64. The van der Waals surface area contributed by atoms with Gasteiger partial charge in [-0.3, -0.25) is 0 Å². The van der Waals surface area contributed by atoms with Crippen molar-refractivity contribution in [3.8, 4) is 0 Å². The zero-order valence-electron chi connectivity index (χ0n) is 13.6. The maximum absolute atomic E-state index is 12.8. The summed E-state index contributed by atoms with van der Waals surface area (Å²) >= 11 is 1.81. The van der Waals surface area contributed by atoms with Crippen LogP contribution in [0.4, 0.5) is 4.79 Å². The standard InChI is InChI=1S/C17H21N5OS/c23-17(20-7-4-16-13(9-20)5-8-24-16)21-6-3-14(10-21)22-11-15(18-19-22)12-1-2-12/h5,8,11-12,14H,1-4,6-7,9-10H2. The van der Waals surface area contributed by atoms with Crippen LogP contribution in [-0.2, 0) is 13.0 Å². The van der Waals surface area contributed by atoms with Gasteiger partial charge in [0.05, 0.1) is 11.7 Å². The number of fused-ring (bicyclic) bond motifs is 1. The Morgan fingerprint density at radius 2 is 2.12 bits per heavy atom. The zero-order valence-corrected chi connectivity index (χ0v) is 14.4. The average molecular weight is 343 g/mol. The number of aromatic nitrogens is 3. The molecule has 0 spiro atoms. The van der Waals surface area contributed by atoms with Crippen LogP contribution >= 0.6 is 11.3 Å². The van der Waals surface area contributed by atoms with Crippen molar-refractivity contribution in [2.24, 2.45) is 0 Å². The van der Waals surface area contributed by atoms with Crippen molar-refractivity contribution in [2.75, 3.05) is 19.6 Å². The molecule has 3 aliphatic rings. The van der Waals surface area contributed by atoms with E-state index in [9.17, 15) is 4.79 Å². The highest BCUT2D eigenvalue weighted by molar-refractivity contribution is 7.10. The molecule has 126 valence electrons. The van der Waals surface area contributed by atoms with E-state index in [2.05, 4.69) is 28.0 Å². The van der Waals surface area contributed by atoms with Crippen molar-refractivity contribution >= 4 is 17.4 Å². The normalized spacial score (nSPS) is 23.6. The lowest BCUT2D eigenvalue weighted by atomic mass is 10.1. The van der Waals surface area contributed by atoms with Gasteiger partial charge < -0.3 is 9.80 Å². The number of rotatable bonds is 2. The average Bonchev–Trinajstić information content (AvgIpc) is 3.06. The highest BCUT2D eigenvalue weighted by Crippen LogP contribution is 2.39. The van der Waals surface area contributed by atoms with Crippen molar-refractivity contribution in [3.05, 3.63) is 33.8 Å². The number of amides is 2. The van der Waals surface area contributed by atoms with Crippen molar-refractivity contribution in [1.29, 1.82) is 0 Å². The summed E-state index contributed by atoms with van der Waals surface area (Å²) in [5.41, 5.74) is 2.45. The maximum atomic E-state index is 12.8. The van der Waals surface area contributed by atoms with Gasteiger partial charge >= 0.3 is 6.03 Å². The summed E-state index contributed by atoms with van der Waals surface area (Å²) < 4.78 is 1.98. The minimum Gasteiger partial charge on any atom is -0.322 e. The molecule has 2 aromatic rings. The van der Waals surface area contributed by atoms with Crippen molar-refractivity contribution < 1.29 is 4.79 Å². The molecule has 4 heterocycles. The SMILES string of the molecule is O=C(N1CCc2sccc2C1)N1CCC(n2cc(C3CC3)nn2)C1. The Balaban J connectivity index is 1.24. The third-order valence-corrected chi connectivity index (χ3v) is 6.43. The second-order valence-electron chi connectivity index (χ2n) is 7.11. The molecular formula is C17H21N5OS. The van der Waals surface area contributed by atoms with Gasteiger partial charge in [-0.2, -0.15) is 0 Å². The number of urea groups is 1. The van der Waals surface area contributed by atoms with Crippen LogP contribution in [0.1, 0.15) is 47.4 Å². The molecule has 0 radical (unpaired) electrons. The molecule has 0 N–H and O–H groups in total. The minimum absolute atomic E-state index is 0.178. The first-order chi connectivity index (χ1) is 11.8. The fourth-order valence-electron chi connectivity index (χ4n) is 3.78. The summed E-state index contributed by atoms with van der Waals surface area (Å²) in [6.07, 6.45) is 6.54. The van der Waals surface area contributed by atoms with Gasteiger partial charge in [-0.15, -0.1) is 16.4 Å². The van der Waals surface area contributed by atoms with E-state index in [1.165, 1.54) is 23.3 Å². The van der Waals surface area contributed by atoms with Gasteiger partial charge in [0, 0.05) is 43.2 Å². The molecule has 0 aromatic carbocycles. The van der Waals surface area contributed by atoms with Crippen LogP contribution in [0.5, 0.6) is 0 Å². The quantitative estimate of drug-likeness (QED) is 0.842. The highest BCUT2D eigenvalue weighted by Gasteiger charge is 2.33. The molecule has 1 unspecified atom stereocenters. The topological polar surface area (TPSA) is 54.3 Å². The number of carbonyl (C=O) groups excluding carboxylic acids is 1. The molecule has 0 bridgehead atoms. The van der Waals surface area contributed by atoms with Gasteiger partial charge in [0.25, 0.3) is 0 Å². The van der Waals surface area contributed by atoms with Crippen molar-refractivity contribution in [3.63, 3.8) is 0 Å². The van der Waals surface area contributed by atoms with Crippen LogP contribution in [0.15, 0.2) is 17.6 Å².